The van der Waals surface area contributed by atoms with Crippen molar-refractivity contribution in [2.24, 2.45) is 0 Å². The third-order valence-corrected chi connectivity index (χ3v) is 4.85. The summed E-state index contributed by atoms with van der Waals surface area (Å²) >= 11 is 18.1. The molecule has 2 N–H and O–H groups in total. The van der Waals surface area contributed by atoms with E-state index >= 15 is 0 Å². The lowest BCUT2D eigenvalue weighted by Gasteiger charge is -2.14. The molecule has 0 aliphatic carbocycles. The summed E-state index contributed by atoms with van der Waals surface area (Å²) in [6.45, 7) is 2.97. The van der Waals surface area contributed by atoms with Crippen LogP contribution in [-0.4, -0.2) is 5.11 Å². The van der Waals surface area contributed by atoms with Gasteiger partial charge < -0.3 is 15.2 Å². The van der Waals surface area contributed by atoms with Gasteiger partial charge in [-0.05, 0) is 42.8 Å². The van der Waals surface area contributed by atoms with Gasteiger partial charge in [0.25, 0.3) is 0 Å². The van der Waals surface area contributed by atoms with Gasteiger partial charge >= 0.3 is 0 Å². The van der Waals surface area contributed by atoms with Gasteiger partial charge in [0.2, 0.25) is 0 Å². The van der Waals surface area contributed by atoms with E-state index in [4.69, 9.17) is 39.5 Å². The molecule has 0 unspecified atom stereocenters. The SMILES string of the molecule is Cc1ccc(COc2ccc(Cl)cc2CNc2cc(Cl)c(O)c(Cl)c2)cc1. The summed E-state index contributed by atoms with van der Waals surface area (Å²) < 4.78 is 5.98. The fourth-order valence-electron chi connectivity index (χ4n) is 2.54. The van der Waals surface area contributed by atoms with Gasteiger partial charge in [0.05, 0.1) is 10.0 Å². The molecule has 0 aliphatic heterocycles. The fraction of sp³-hybridized carbons (Fsp3) is 0.143. The zero-order valence-corrected chi connectivity index (χ0v) is 16.9. The van der Waals surface area contributed by atoms with Crippen molar-refractivity contribution in [3.05, 3.63) is 86.4 Å². The lowest BCUT2D eigenvalue weighted by atomic mass is 10.1. The van der Waals surface area contributed by atoms with Gasteiger partial charge in [-0.2, -0.15) is 0 Å². The van der Waals surface area contributed by atoms with Crippen LogP contribution in [0.2, 0.25) is 15.1 Å². The number of phenols is 1. The highest BCUT2D eigenvalue weighted by molar-refractivity contribution is 6.37. The second-order valence-corrected chi connectivity index (χ2v) is 7.42. The highest BCUT2D eigenvalue weighted by atomic mass is 35.5. The minimum absolute atomic E-state index is 0.131. The molecule has 0 amide bonds. The first-order valence-electron chi connectivity index (χ1n) is 8.31. The van der Waals surface area contributed by atoms with Crippen LogP contribution < -0.4 is 10.1 Å². The van der Waals surface area contributed by atoms with E-state index in [9.17, 15) is 5.11 Å². The first kappa shape index (κ1) is 19.7. The summed E-state index contributed by atoms with van der Waals surface area (Å²) in [6.07, 6.45) is 0. The maximum atomic E-state index is 9.66. The Morgan fingerprint density at radius 1 is 0.926 bits per heavy atom. The lowest BCUT2D eigenvalue weighted by molar-refractivity contribution is 0.303. The van der Waals surface area contributed by atoms with E-state index in [-0.39, 0.29) is 15.8 Å². The maximum absolute atomic E-state index is 9.66. The normalized spacial score (nSPS) is 10.7. The quantitative estimate of drug-likeness (QED) is 0.427. The number of hydrogen-bond acceptors (Lipinski definition) is 3. The van der Waals surface area contributed by atoms with E-state index in [0.29, 0.717) is 23.9 Å². The second kappa shape index (κ2) is 8.75. The van der Waals surface area contributed by atoms with Gasteiger partial charge in [-0.25, -0.2) is 0 Å². The number of halogens is 3. The molecule has 0 aliphatic rings. The Bertz CT molecular complexity index is 920. The molecule has 3 rings (SSSR count). The van der Waals surface area contributed by atoms with E-state index in [0.717, 1.165) is 16.9 Å². The number of aromatic hydroxyl groups is 1. The predicted octanol–water partition coefficient (Wildman–Crippen LogP) is 6.85. The molecular weight excluding hydrogens is 405 g/mol. The number of anilines is 1. The largest absolute Gasteiger partial charge is 0.505 e. The van der Waals surface area contributed by atoms with Crippen molar-refractivity contribution in [3.8, 4) is 11.5 Å². The molecule has 6 heteroatoms. The number of nitrogens with one attached hydrogen (secondary N) is 1. The standard InChI is InChI=1S/C21H18Cl3NO2/c1-13-2-4-14(5-3-13)12-27-20-7-6-16(22)8-15(20)11-25-17-9-18(23)21(26)19(24)10-17/h2-10,25-26H,11-12H2,1H3. The van der Waals surface area contributed by atoms with Crippen LogP contribution >= 0.6 is 34.8 Å². The van der Waals surface area contributed by atoms with Gasteiger partial charge in [0, 0.05) is 22.8 Å². The molecule has 0 heterocycles. The van der Waals surface area contributed by atoms with Crippen molar-refractivity contribution in [1.29, 1.82) is 0 Å². The van der Waals surface area contributed by atoms with Crippen molar-refractivity contribution in [1.82, 2.24) is 0 Å². The van der Waals surface area contributed by atoms with Crippen molar-refractivity contribution in [2.45, 2.75) is 20.1 Å². The number of phenolic OH excluding ortho intramolecular Hbond substituents is 1. The van der Waals surface area contributed by atoms with Gasteiger partial charge in [-0.15, -0.1) is 0 Å². The smallest absolute Gasteiger partial charge is 0.152 e. The molecule has 3 aromatic carbocycles. The Morgan fingerprint density at radius 2 is 1.59 bits per heavy atom. The predicted molar refractivity (Wildman–Crippen MR) is 112 cm³/mol. The van der Waals surface area contributed by atoms with Crippen LogP contribution in [0, 0.1) is 6.92 Å². The average Bonchev–Trinajstić information content (AvgIpc) is 2.65. The fourth-order valence-corrected chi connectivity index (χ4v) is 3.22. The zero-order valence-electron chi connectivity index (χ0n) is 14.6. The highest BCUT2D eigenvalue weighted by Crippen LogP contribution is 2.35. The monoisotopic (exact) mass is 421 g/mol. The average molecular weight is 423 g/mol. The van der Waals surface area contributed by atoms with E-state index < -0.39 is 0 Å². The van der Waals surface area contributed by atoms with Gasteiger partial charge in [0.15, 0.2) is 5.75 Å². The van der Waals surface area contributed by atoms with Crippen LogP contribution in [0.15, 0.2) is 54.6 Å². The van der Waals surface area contributed by atoms with Crippen LogP contribution in [0.25, 0.3) is 0 Å². The number of benzene rings is 3. The Labute approximate surface area is 173 Å². The minimum Gasteiger partial charge on any atom is -0.505 e. The number of rotatable bonds is 6. The van der Waals surface area contributed by atoms with E-state index in [1.54, 1.807) is 18.2 Å². The van der Waals surface area contributed by atoms with Crippen LogP contribution in [0.4, 0.5) is 5.69 Å². The van der Waals surface area contributed by atoms with Crippen molar-refractivity contribution in [2.75, 3.05) is 5.32 Å². The molecule has 0 saturated heterocycles. The Balaban J connectivity index is 1.73. The third kappa shape index (κ3) is 5.23. The molecule has 0 spiro atoms. The van der Waals surface area contributed by atoms with Crippen LogP contribution in [0.5, 0.6) is 11.5 Å². The van der Waals surface area contributed by atoms with Gasteiger partial charge in [-0.1, -0.05) is 64.6 Å². The van der Waals surface area contributed by atoms with E-state index in [1.807, 2.05) is 24.3 Å². The maximum Gasteiger partial charge on any atom is 0.152 e. The molecule has 0 atom stereocenters. The third-order valence-electron chi connectivity index (χ3n) is 4.04. The molecule has 3 aromatic rings. The number of hydrogen-bond donors (Lipinski definition) is 2. The van der Waals surface area contributed by atoms with Crippen LogP contribution in [0.3, 0.4) is 0 Å². The molecular formula is C21H18Cl3NO2. The first-order valence-corrected chi connectivity index (χ1v) is 9.44. The summed E-state index contributed by atoms with van der Waals surface area (Å²) in [7, 11) is 0. The zero-order chi connectivity index (χ0) is 19.4. The lowest BCUT2D eigenvalue weighted by Crippen LogP contribution is -2.04. The topological polar surface area (TPSA) is 41.5 Å². The molecule has 0 saturated carbocycles. The van der Waals surface area contributed by atoms with Gasteiger partial charge in [-0.3, -0.25) is 0 Å². The van der Waals surface area contributed by atoms with Crippen molar-refractivity contribution >= 4 is 40.5 Å². The molecule has 27 heavy (non-hydrogen) atoms. The van der Waals surface area contributed by atoms with E-state index in [1.165, 1.54) is 5.56 Å². The summed E-state index contributed by atoms with van der Waals surface area (Å²) in [4.78, 5) is 0. The molecule has 140 valence electrons. The molecule has 0 fully saturated rings. The summed E-state index contributed by atoms with van der Waals surface area (Å²) in [6, 6.07) is 16.9. The van der Waals surface area contributed by atoms with Crippen LogP contribution in [-0.2, 0) is 13.2 Å². The Hall–Kier alpha value is -2.07. The Morgan fingerprint density at radius 3 is 2.26 bits per heavy atom. The van der Waals surface area contributed by atoms with Gasteiger partial charge in [0.1, 0.15) is 12.4 Å². The second-order valence-electron chi connectivity index (χ2n) is 6.17. The van der Waals surface area contributed by atoms with Crippen LogP contribution in [0.1, 0.15) is 16.7 Å². The summed E-state index contributed by atoms with van der Waals surface area (Å²) in [5, 5.41) is 13.9. The molecule has 0 bridgehead atoms. The molecule has 0 aromatic heterocycles. The van der Waals surface area contributed by atoms with Crippen molar-refractivity contribution < 1.29 is 9.84 Å². The Kier molecular flexibility index (Phi) is 6.38. The number of aryl methyl sites for hydroxylation is 1. The first-order chi connectivity index (χ1) is 12.9. The molecule has 3 nitrogen and oxygen atoms in total. The molecule has 0 radical (unpaired) electrons. The summed E-state index contributed by atoms with van der Waals surface area (Å²) in [5.74, 6) is 0.609. The highest BCUT2D eigenvalue weighted by Gasteiger charge is 2.09. The minimum atomic E-state index is -0.131. The van der Waals surface area contributed by atoms with Crippen molar-refractivity contribution in [3.63, 3.8) is 0 Å². The summed E-state index contributed by atoms with van der Waals surface area (Å²) in [5.41, 5.74) is 3.88. The van der Waals surface area contributed by atoms with E-state index in [2.05, 4.69) is 24.4 Å². The number of ether oxygens (including phenoxy) is 1.